The fourth-order valence-electron chi connectivity index (χ4n) is 3.70. The molecule has 4 heterocycles. The molecule has 0 spiro atoms. The first-order valence-corrected chi connectivity index (χ1v) is 9.12. The van der Waals surface area contributed by atoms with Crippen molar-refractivity contribution in [2.75, 3.05) is 0 Å². The summed E-state index contributed by atoms with van der Waals surface area (Å²) in [7, 11) is 2.07. The zero-order valence-electron chi connectivity index (χ0n) is 15.6. The molecule has 5 aromatic rings. The van der Waals surface area contributed by atoms with Crippen LogP contribution in [0.15, 0.2) is 42.7 Å². The van der Waals surface area contributed by atoms with Crippen LogP contribution in [-0.2, 0) is 19.9 Å². The zero-order valence-corrected chi connectivity index (χ0v) is 15.6. The zero-order chi connectivity index (χ0) is 18.5. The van der Waals surface area contributed by atoms with E-state index in [4.69, 9.17) is 10.1 Å². The van der Waals surface area contributed by atoms with Crippen LogP contribution in [0.3, 0.4) is 0 Å². The van der Waals surface area contributed by atoms with E-state index in [9.17, 15) is 0 Å². The molecule has 0 amide bonds. The summed E-state index contributed by atoms with van der Waals surface area (Å²) in [6, 6.07) is 10.4. The Kier molecular flexibility index (Phi) is 3.47. The van der Waals surface area contributed by atoms with Gasteiger partial charge in [-0.3, -0.25) is 9.97 Å². The Morgan fingerprint density at radius 3 is 2.70 bits per heavy atom. The largest absolute Gasteiger partial charge is 0.331 e. The highest BCUT2D eigenvalue weighted by atomic mass is 15.2. The highest BCUT2D eigenvalue weighted by molar-refractivity contribution is 6.01. The highest BCUT2D eigenvalue weighted by Gasteiger charge is 2.13. The summed E-state index contributed by atoms with van der Waals surface area (Å²) in [5.74, 6) is 1.05. The number of aromatic nitrogens is 6. The van der Waals surface area contributed by atoms with Crippen LogP contribution in [0.5, 0.6) is 0 Å². The van der Waals surface area contributed by atoms with E-state index in [1.54, 1.807) is 0 Å². The lowest BCUT2D eigenvalue weighted by Gasteiger charge is -2.01. The van der Waals surface area contributed by atoms with E-state index in [1.165, 1.54) is 0 Å². The van der Waals surface area contributed by atoms with Gasteiger partial charge in [0.05, 0.1) is 33.6 Å². The third kappa shape index (κ3) is 2.48. The summed E-state index contributed by atoms with van der Waals surface area (Å²) in [6.07, 6.45) is 5.35. The Morgan fingerprint density at radius 1 is 0.963 bits per heavy atom. The maximum absolute atomic E-state index is 4.90. The molecule has 0 aliphatic rings. The Hall–Kier alpha value is -3.28. The Balaban J connectivity index is 1.52. The molecule has 0 fully saturated rings. The number of hydrogen-bond donors (Lipinski definition) is 0. The number of hydrogen-bond acceptors (Lipinski definition) is 4. The molecule has 0 atom stereocenters. The van der Waals surface area contributed by atoms with Gasteiger partial charge in [0.2, 0.25) is 0 Å². The van der Waals surface area contributed by atoms with Gasteiger partial charge in [0.25, 0.3) is 0 Å². The van der Waals surface area contributed by atoms with Crippen LogP contribution in [0, 0.1) is 13.8 Å². The summed E-state index contributed by atoms with van der Waals surface area (Å²) >= 11 is 0. The molecule has 6 heteroatoms. The van der Waals surface area contributed by atoms with Crippen molar-refractivity contribution in [1.82, 2.24) is 29.1 Å². The molecule has 0 bridgehead atoms. The Labute approximate surface area is 156 Å². The minimum Gasteiger partial charge on any atom is -0.331 e. The van der Waals surface area contributed by atoms with Crippen molar-refractivity contribution in [2.24, 2.45) is 7.05 Å². The van der Waals surface area contributed by atoms with E-state index < -0.39 is 0 Å². The fraction of sp³-hybridized carbons (Fsp3) is 0.238. The van der Waals surface area contributed by atoms with Gasteiger partial charge in [0.1, 0.15) is 11.3 Å². The average molecular weight is 356 g/mol. The third-order valence-electron chi connectivity index (χ3n) is 5.23. The van der Waals surface area contributed by atoms with Crippen molar-refractivity contribution in [1.29, 1.82) is 0 Å². The minimum atomic E-state index is 0.828. The number of aryl methyl sites for hydroxylation is 5. The first-order valence-electron chi connectivity index (χ1n) is 9.12. The van der Waals surface area contributed by atoms with Crippen LogP contribution in [-0.4, -0.2) is 29.1 Å². The second kappa shape index (κ2) is 5.87. The van der Waals surface area contributed by atoms with Gasteiger partial charge in [0, 0.05) is 31.2 Å². The summed E-state index contributed by atoms with van der Waals surface area (Å²) in [4.78, 5) is 13.9. The van der Waals surface area contributed by atoms with E-state index >= 15 is 0 Å². The monoisotopic (exact) mass is 356 g/mol. The lowest BCUT2D eigenvalue weighted by molar-refractivity contribution is 0.761. The minimum absolute atomic E-state index is 0.828. The van der Waals surface area contributed by atoms with Crippen molar-refractivity contribution in [3.8, 4) is 0 Å². The molecular formula is C21H20N6. The molecule has 0 aliphatic heterocycles. The summed E-state index contributed by atoms with van der Waals surface area (Å²) in [5, 5.41) is 5.87. The second-order valence-corrected chi connectivity index (χ2v) is 7.01. The van der Waals surface area contributed by atoms with Crippen LogP contribution in [0.2, 0.25) is 0 Å². The molecule has 0 saturated carbocycles. The van der Waals surface area contributed by atoms with Gasteiger partial charge >= 0.3 is 0 Å². The van der Waals surface area contributed by atoms with E-state index in [2.05, 4.69) is 45.8 Å². The van der Waals surface area contributed by atoms with Gasteiger partial charge in [-0.1, -0.05) is 12.1 Å². The van der Waals surface area contributed by atoms with Gasteiger partial charge < -0.3 is 4.57 Å². The van der Waals surface area contributed by atoms with Gasteiger partial charge in [-0.2, -0.15) is 5.10 Å². The molecule has 6 nitrogen and oxygen atoms in total. The van der Waals surface area contributed by atoms with E-state index in [-0.39, 0.29) is 0 Å². The van der Waals surface area contributed by atoms with Gasteiger partial charge in [-0.15, -0.1) is 0 Å². The molecule has 27 heavy (non-hydrogen) atoms. The molecule has 0 aliphatic carbocycles. The highest BCUT2D eigenvalue weighted by Crippen LogP contribution is 2.24. The number of fused-ring (bicyclic) bond motifs is 4. The molecule has 0 saturated heterocycles. The summed E-state index contributed by atoms with van der Waals surface area (Å²) in [6.45, 7) is 4.05. The van der Waals surface area contributed by atoms with Crippen LogP contribution in [0.1, 0.15) is 22.9 Å². The predicted octanol–water partition coefficient (Wildman–Crippen LogP) is 3.57. The van der Waals surface area contributed by atoms with E-state index in [0.717, 1.165) is 63.2 Å². The van der Waals surface area contributed by atoms with Gasteiger partial charge in [-0.05, 0) is 38.5 Å². The molecule has 0 unspecified atom stereocenters. The van der Waals surface area contributed by atoms with Crippen molar-refractivity contribution < 1.29 is 0 Å². The fourth-order valence-corrected chi connectivity index (χ4v) is 3.70. The van der Waals surface area contributed by atoms with E-state index in [0.29, 0.717) is 0 Å². The first-order chi connectivity index (χ1) is 13.1. The molecule has 1 aromatic carbocycles. The lowest BCUT2D eigenvalue weighted by Crippen LogP contribution is -2.01. The number of pyridine rings is 1. The summed E-state index contributed by atoms with van der Waals surface area (Å²) in [5.41, 5.74) is 7.22. The van der Waals surface area contributed by atoms with Crippen LogP contribution in [0.4, 0.5) is 0 Å². The number of imidazole rings is 1. The normalized spacial score (nSPS) is 11.8. The molecule has 5 rings (SSSR count). The summed E-state index contributed by atoms with van der Waals surface area (Å²) < 4.78 is 4.14. The SMILES string of the molecule is Cc1ncc(C)n2nc(CCc3nc4c5ncccc5ccc4n3C)cc12. The maximum atomic E-state index is 4.90. The van der Waals surface area contributed by atoms with Crippen LogP contribution in [0.25, 0.3) is 27.5 Å². The van der Waals surface area contributed by atoms with Crippen LogP contribution >= 0.6 is 0 Å². The number of benzene rings is 1. The Bertz CT molecular complexity index is 1270. The smallest absolute Gasteiger partial charge is 0.115 e. The van der Waals surface area contributed by atoms with Crippen molar-refractivity contribution >= 4 is 27.5 Å². The predicted molar refractivity (Wildman–Crippen MR) is 106 cm³/mol. The second-order valence-electron chi connectivity index (χ2n) is 7.01. The van der Waals surface area contributed by atoms with Crippen molar-refractivity contribution in [2.45, 2.75) is 26.7 Å². The van der Waals surface area contributed by atoms with Gasteiger partial charge in [-0.25, -0.2) is 9.50 Å². The quantitative estimate of drug-likeness (QED) is 0.496. The topological polar surface area (TPSA) is 60.9 Å². The van der Waals surface area contributed by atoms with Gasteiger partial charge in [0.15, 0.2) is 0 Å². The standard InChI is InChI=1S/C21H20N6/c1-13-12-23-14(2)18-11-16(25-27(13)18)7-9-19-24-21-17(26(19)3)8-6-15-5-4-10-22-20(15)21/h4-6,8,10-12H,7,9H2,1-3H3. The maximum Gasteiger partial charge on any atom is 0.115 e. The molecular weight excluding hydrogens is 336 g/mol. The molecule has 0 radical (unpaired) electrons. The third-order valence-corrected chi connectivity index (χ3v) is 5.23. The molecule has 0 N–H and O–H groups in total. The van der Waals surface area contributed by atoms with Crippen molar-refractivity contribution in [3.63, 3.8) is 0 Å². The average Bonchev–Trinajstić information content (AvgIpc) is 3.26. The molecule has 4 aromatic heterocycles. The number of nitrogens with zero attached hydrogens (tertiary/aromatic N) is 6. The number of rotatable bonds is 3. The van der Waals surface area contributed by atoms with Crippen molar-refractivity contribution in [3.05, 3.63) is 65.6 Å². The lowest BCUT2D eigenvalue weighted by atomic mass is 10.2. The van der Waals surface area contributed by atoms with E-state index in [1.807, 2.05) is 36.8 Å². The molecule has 134 valence electrons. The first kappa shape index (κ1) is 15.9. The Morgan fingerprint density at radius 2 is 1.85 bits per heavy atom. The van der Waals surface area contributed by atoms with Crippen LogP contribution < -0.4 is 0 Å².